The van der Waals surface area contributed by atoms with Gasteiger partial charge in [-0.15, -0.1) is 0 Å². The number of hydrogen-bond acceptors (Lipinski definition) is 6. The minimum absolute atomic E-state index is 0.0447. The maximum absolute atomic E-state index is 12.9. The van der Waals surface area contributed by atoms with E-state index in [1.54, 1.807) is 12.1 Å². The van der Waals surface area contributed by atoms with Gasteiger partial charge in [0, 0.05) is 13.0 Å². The first-order valence-electron chi connectivity index (χ1n) is 8.82. The zero-order chi connectivity index (χ0) is 20.3. The molecule has 148 valence electrons. The Morgan fingerprint density at radius 2 is 1.96 bits per heavy atom. The minimum Gasteiger partial charge on any atom is -0.496 e. The monoisotopic (exact) mass is 388 g/mol. The first-order chi connectivity index (χ1) is 13.5. The van der Waals surface area contributed by atoms with Crippen molar-refractivity contribution < 1.29 is 28.7 Å². The number of para-hydroxylation sites is 1. The van der Waals surface area contributed by atoms with E-state index in [-0.39, 0.29) is 30.2 Å². The SMILES string of the molecule is COc1ccccc1C(=O)C(=O)NN1CCC(=O)N2CCC[C@@H](C=O)N2C1=O. The van der Waals surface area contributed by atoms with E-state index in [0.717, 1.165) is 10.0 Å². The molecule has 2 aliphatic heterocycles. The summed E-state index contributed by atoms with van der Waals surface area (Å²) in [6.07, 6.45) is 1.57. The lowest BCUT2D eigenvalue weighted by molar-refractivity contribution is -0.151. The van der Waals surface area contributed by atoms with Gasteiger partial charge in [0.25, 0.3) is 5.78 Å². The Morgan fingerprint density at radius 1 is 1.21 bits per heavy atom. The van der Waals surface area contributed by atoms with E-state index in [2.05, 4.69) is 5.43 Å². The molecule has 2 aliphatic rings. The predicted molar refractivity (Wildman–Crippen MR) is 94.8 cm³/mol. The summed E-state index contributed by atoms with van der Waals surface area (Å²) in [5, 5.41) is 3.19. The average molecular weight is 388 g/mol. The Bertz CT molecular complexity index is 826. The molecular weight excluding hydrogens is 368 g/mol. The molecule has 2 fully saturated rings. The molecule has 2 heterocycles. The highest BCUT2D eigenvalue weighted by molar-refractivity contribution is 6.43. The summed E-state index contributed by atoms with van der Waals surface area (Å²) in [7, 11) is 1.37. The van der Waals surface area contributed by atoms with Crippen molar-refractivity contribution >= 4 is 29.9 Å². The molecular formula is C18H20N4O6. The molecule has 0 radical (unpaired) electrons. The Balaban J connectivity index is 1.80. The average Bonchev–Trinajstić information content (AvgIpc) is 2.85. The summed E-state index contributed by atoms with van der Waals surface area (Å²) in [6.45, 7) is 0.206. The molecule has 0 saturated carbocycles. The van der Waals surface area contributed by atoms with Gasteiger partial charge in [0.2, 0.25) is 5.91 Å². The Labute approximate surface area is 160 Å². The second-order valence-corrected chi connectivity index (χ2v) is 6.36. The molecule has 10 heteroatoms. The predicted octanol–water partition coefficient (Wildman–Crippen LogP) is 0.142. The van der Waals surface area contributed by atoms with Gasteiger partial charge in [-0.05, 0) is 25.0 Å². The van der Waals surface area contributed by atoms with Crippen molar-refractivity contribution in [2.75, 3.05) is 20.2 Å². The summed E-state index contributed by atoms with van der Waals surface area (Å²) in [4.78, 5) is 61.5. The molecule has 0 aliphatic carbocycles. The quantitative estimate of drug-likeness (QED) is 0.436. The van der Waals surface area contributed by atoms with E-state index in [0.29, 0.717) is 25.7 Å². The number of amides is 4. The van der Waals surface area contributed by atoms with Gasteiger partial charge in [0.05, 0.1) is 19.2 Å². The van der Waals surface area contributed by atoms with Crippen molar-refractivity contribution in [1.29, 1.82) is 0 Å². The molecule has 1 atom stereocenters. The topological polar surface area (TPSA) is 116 Å². The molecule has 1 aromatic carbocycles. The van der Waals surface area contributed by atoms with Gasteiger partial charge in [0.1, 0.15) is 18.1 Å². The lowest BCUT2D eigenvalue weighted by Gasteiger charge is -2.41. The van der Waals surface area contributed by atoms with Crippen molar-refractivity contribution in [3.05, 3.63) is 29.8 Å². The maximum atomic E-state index is 12.9. The van der Waals surface area contributed by atoms with Crippen LogP contribution in [0, 0.1) is 0 Å². The normalized spacial score (nSPS) is 19.6. The van der Waals surface area contributed by atoms with Crippen LogP contribution in [0.15, 0.2) is 24.3 Å². The zero-order valence-corrected chi connectivity index (χ0v) is 15.3. The number of fused-ring (bicyclic) bond motifs is 1. The highest BCUT2D eigenvalue weighted by atomic mass is 16.5. The molecule has 1 aromatic rings. The molecule has 0 aromatic heterocycles. The Hall–Kier alpha value is -3.43. The van der Waals surface area contributed by atoms with Crippen molar-refractivity contribution in [3.63, 3.8) is 0 Å². The molecule has 2 saturated heterocycles. The summed E-state index contributed by atoms with van der Waals surface area (Å²) < 4.78 is 5.08. The van der Waals surface area contributed by atoms with E-state index >= 15 is 0 Å². The number of methoxy groups -OCH3 is 1. The number of hydrazine groups is 2. The fourth-order valence-electron chi connectivity index (χ4n) is 3.26. The van der Waals surface area contributed by atoms with Gasteiger partial charge in [0.15, 0.2) is 0 Å². The van der Waals surface area contributed by atoms with Crippen LogP contribution in [-0.4, -0.2) is 71.2 Å². The molecule has 0 unspecified atom stereocenters. The number of urea groups is 1. The largest absolute Gasteiger partial charge is 0.496 e. The second kappa shape index (κ2) is 8.07. The van der Waals surface area contributed by atoms with Crippen LogP contribution in [0.25, 0.3) is 0 Å². The number of nitrogens with zero attached hydrogens (tertiary/aromatic N) is 3. The van der Waals surface area contributed by atoms with Gasteiger partial charge in [-0.3, -0.25) is 19.8 Å². The van der Waals surface area contributed by atoms with Gasteiger partial charge in [-0.25, -0.2) is 19.8 Å². The number of aldehydes is 1. The smallest absolute Gasteiger partial charge is 0.358 e. The fourth-order valence-corrected chi connectivity index (χ4v) is 3.26. The number of carbonyl (C=O) groups is 5. The second-order valence-electron chi connectivity index (χ2n) is 6.36. The van der Waals surface area contributed by atoms with Crippen LogP contribution in [0.1, 0.15) is 29.6 Å². The summed E-state index contributed by atoms with van der Waals surface area (Å²) >= 11 is 0. The van der Waals surface area contributed by atoms with E-state index in [1.807, 2.05) is 0 Å². The third kappa shape index (κ3) is 3.53. The number of rotatable bonds is 5. The Kier molecular flexibility index (Phi) is 5.57. The van der Waals surface area contributed by atoms with Crippen LogP contribution in [-0.2, 0) is 14.4 Å². The molecule has 3 rings (SSSR count). The number of nitrogens with one attached hydrogen (secondary N) is 1. The van der Waals surface area contributed by atoms with E-state index < -0.39 is 23.8 Å². The number of hydrogen-bond donors (Lipinski definition) is 1. The highest BCUT2D eigenvalue weighted by Gasteiger charge is 2.41. The van der Waals surface area contributed by atoms with Gasteiger partial charge >= 0.3 is 11.9 Å². The molecule has 1 N–H and O–H groups in total. The number of ketones is 1. The van der Waals surface area contributed by atoms with E-state index in [9.17, 15) is 24.0 Å². The first kappa shape index (κ1) is 19.3. The molecule has 28 heavy (non-hydrogen) atoms. The van der Waals surface area contributed by atoms with Crippen LogP contribution in [0.3, 0.4) is 0 Å². The van der Waals surface area contributed by atoms with Crippen LogP contribution in [0.2, 0.25) is 0 Å². The van der Waals surface area contributed by atoms with Crippen molar-refractivity contribution in [1.82, 2.24) is 20.5 Å². The Morgan fingerprint density at radius 3 is 2.68 bits per heavy atom. The number of ether oxygens (including phenoxy) is 1. The minimum atomic E-state index is -1.04. The van der Waals surface area contributed by atoms with Gasteiger partial charge in [-0.1, -0.05) is 12.1 Å². The number of carbonyl (C=O) groups excluding carboxylic acids is 5. The highest BCUT2D eigenvalue weighted by Crippen LogP contribution is 2.22. The molecule has 4 amide bonds. The number of Topliss-reactive ketones (excluding diaryl/α,β-unsaturated/α-hetero) is 1. The fraction of sp³-hybridized carbons (Fsp3) is 0.389. The van der Waals surface area contributed by atoms with Crippen LogP contribution in [0.4, 0.5) is 4.79 Å². The van der Waals surface area contributed by atoms with Gasteiger partial charge in [-0.2, -0.15) is 0 Å². The summed E-state index contributed by atoms with van der Waals surface area (Å²) in [5.74, 6) is -2.03. The standard InChI is InChI=1S/C18H20N4O6/c1-28-14-7-3-2-6-13(14)16(25)17(26)19-20-10-8-15(24)21-9-4-5-12(11-23)22(21)18(20)27/h2-3,6-7,11-12H,4-5,8-10H2,1H3,(H,19,26)/t12-/m0/s1. The summed E-state index contributed by atoms with van der Waals surface area (Å²) in [6, 6.07) is 4.68. The molecule has 0 spiro atoms. The van der Waals surface area contributed by atoms with Crippen LogP contribution < -0.4 is 10.2 Å². The van der Waals surface area contributed by atoms with E-state index in [1.165, 1.54) is 24.3 Å². The first-order valence-corrected chi connectivity index (χ1v) is 8.82. The number of benzene rings is 1. The maximum Gasteiger partial charge on any atom is 0.358 e. The van der Waals surface area contributed by atoms with Crippen LogP contribution in [0.5, 0.6) is 5.75 Å². The van der Waals surface area contributed by atoms with Gasteiger partial charge < -0.3 is 9.53 Å². The third-order valence-electron chi connectivity index (χ3n) is 4.66. The lowest BCUT2D eigenvalue weighted by atomic mass is 10.1. The third-order valence-corrected chi connectivity index (χ3v) is 4.66. The van der Waals surface area contributed by atoms with Crippen molar-refractivity contribution in [2.24, 2.45) is 0 Å². The summed E-state index contributed by atoms with van der Waals surface area (Å²) in [5.41, 5.74) is 2.31. The van der Waals surface area contributed by atoms with Crippen molar-refractivity contribution in [2.45, 2.75) is 25.3 Å². The lowest BCUT2D eigenvalue weighted by Crippen LogP contribution is -2.61. The van der Waals surface area contributed by atoms with Crippen molar-refractivity contribution in [3.8, 4) is 5.75 Å². The zero-order valence-electron chi connectivity index (χ0n) is 15.3. The van der Waals surface area contributed by atoms with E-state index in [4.69, 9.17) is 4.74 Å². The molecule has 10 nitrogen and oxygen atoms in total. The van der Waals surface area contributed by atoms with Crippen LogP contribution >= 0.6 is 0 Å². The molecule has 0 bridgehead atoms.